The first-order valence-electron chi connectivity index (χ1n) is 14.1. The van der Waals surface area contributed by atoms with Gasteiger partial charge in [0.2, 0.25) is 0 Å². The number of nitrogens with two attached hydrogens (primary N) is 1. The van der Waals surface area contributed by atoms with Crippen molar-refractivity contribution in [1.29, 1.82) is 0 Å². The topological polar surface area (TPSA) is 281 Å². The molecule has 20 nitrogen and oxygen atoms in total. The van der Waals surface area contributed by atoms with Crippen molar-refractivity contribution in [3.8, 4) is 0 Å². The second-order valence-electron chi connectivity index (χ2n) is 11.4. The van der Waals surface area contributed by atoms with Gasteiger partial charge in [-0.15, -0.1) is 0 Å². The number of aromatic amines is 1. The molecular formula is C24H30N9O11PS. The summed E-state index contributed by atoms with van der Waals surface area (Å²) in [6, 6.07) is 0.889. The lowest BCUT2D eigenvalue weighted by molar-refractivity contribution is -0.0523. The van der Waals surface area contributed by atoms with Crippen LogP contribution < -0.4 is 16.0 Å². The quantitative estimate of drug-likeness (QED) is 0.136. The molecule has 6 heterocycles. The number of nitrogens with zero attached hydrogens (tertiary/aromatic N) is 6. The fourth-order valence-corrected chi connectivity index (χ4v) is 8.45. The number of hydrogen-bond donors (Lipinski definition) is 6. The average molecular weight is 684 g/mol. The number of aryl methyl sites for hydroxylation is 1. The molecule has 1 saturated carbocycles. The Morgan fingerprint density at radius 3 is 2.78 bits per heavy atom. The van der Waals surface area contributed by atoms with Crippen LogP contribution in [0.3, 0.4) is 0 Å². The fraction of sp³-hybridized carbons (Fsp3) is 0.542. The van der Waals surface area contributed by atoms with Crippen LogP contribution in [0.15, 0.2) is 29.7 Å². The minimum Gasteiger partial charge on any atom is -0.396 e. The number of H-pyrrole nitrogens is 1. The number of phosphoric acid groups is 1. The summed E-state index contributed by atoms with van der Waals surface area (Å²) in [6.45, 7) is -0.157. The molecule has 0 spiro atoms. The van der Waals surface area contributed by atoms with Gasteiger partial charge in [-0.05, 0) is 19.4 Å². The molecule has 3 aliphatic rings. The zero-order valence-electron chi connectivity index (χ0n) is 24.0. The van der Waals surface area contributed by atoms with Gasteiger partial charge in [0, 0.05) is 24.6 Å². The Hall–Kier alpha value is -3.37. The van der Waals surface area contributed by atoms with E-state index < -0.39 is 85.4 Å². The number of nitrogens with one attached hydrogen (secondary N) is 2. The van der Waals surface area contributed by atoms with Crippen LogP contribution in [-0.4, -0.2) is 102 Å². The second-order valence-corrected chi connectivity index (χ2v) is 14.2. The van der Waals surface area contributed by atoms with Gasteiger partial charge in [0.25, 0.3) is 5.56 Å². The Morgan fingerprint density at radius 2 is 2.00 bits per heavy atom. The van der Waals surface area contributed by atoms with Crippen molar-refractivity contribution in [2.75, 3.05) is 25.5 Å². The molecule has 0 amide bonds. The monoisotopic (exact) mass is 683 g/mol. The fourth-order valence-electron chi connectivity index (χ4n) is 6.44. The predicted molar refractivity (Wildman–Crippen MR) is 155 cm³/mol. The van der Waals surface area contributed by atoms with Crippen LogP contribution in [-0.2, 0) is 32.8 Å². The first-order valence-corrected chi connectivity index (χ1v) is 17.0. The minimum absolute atomic E-state index is 0.0538. The molecule has 7 rings (SSSR count). The van der Waals surface area contributed by atoms with E-state index in [2.05, 4.69) is 29.6 Å². The molecule has 2 bridgehead atoms. The summed E-state index contributed by atoms with van der Waals surface area (Å²) in [5.41, 5.74) is 5.81. The molecule has 4 aromatic rings. The number of imidazole rings is 1. The van der Waals surface area contributed by atoms with E-state index in [0.29, 0.717) is 11.0 Å². The number of aliphatic hydroxyl groups is 2. The number of ether oxygens (including phenoxy) is 1. The number of hydrogen-bond acceptors (Lipinski definition) is 15. The number of rotatable bonds is 3. The Morgan fingerprint density at radius 1 is 1.20 bits per heavy atom. The van der Waals surface area contributed by atoms with Crippen LogP contribution in [0, 0.1) is 18.8 Å². The van der Waals surface area contributed by atoms with Crippen LogP contribution in [0.1, 0.15) is 24.5 Å². The molecule has 4 aromatic heterocycles. The molecular weight excluding hydrogens is 653 g/mol. The maximum atomic E-state index is 13.4. The third kappa shape index (κ3) is 5.41. The summed E-state index contributed by atoms with van der Waals surface area (Å²) in [4.78, 5) is 42.3. The van der Waals surface area contributed by atoms with Crippen LogP contribution >= 0.6 is 7.82 Å². The lowest BCUT2D eigenvalue weighted by Gasteiger charge is -2.26. The average Bonchev–Trinajstić information content (AvgIpc) is 3.75. The third-order valence-electron chi connectivity index (χ3n) is 8.58. The smallest absolute Gasteiger partial charge is 0.396 e. The largest absolute Gasteiger partial charge is 0.472 e. The van der Waals surface area contributed by atoms with Crippen LogP contribution in [0.2, 0.25) is 0 Å². The van der Waals surface area contributed by atoms with Crippen LogP contribution in [0.5, 0.6) is 0 Å². The molecule has 22 heteroatoms. The van der Waals surface area contributed by atoms with Crippen LogP contribution in [0.4, 0.5) is 5.82 Å². The van der Waals surface area contributed by atoms with Gasteiger partial charge in [0.1, 0.15) is 41.9 Å². The summed E-state index contributed by atoms with van der Waals surface area (Å²) >= 11 is 0. The van der Waals surface area contributed by atoms with E-state index in [-0.39, 0.29) is 35.8 Å². The van der Waals surface area contributed by atoms with E-state index in [1.165, 1.54) is 17.2 Å². The van der Waals surface area contributed by atoms with Crippen molar-refractivity contribution in [2.45, 2.75) is 50.0 Å². The first-order chi connectivity index (χ1) is 21.9. The molecule has 248 valence electrons. The van der Waals surface area contributed by atoms with Gasteiger partial charge in [0.05, 0.1) is 37.1 Å². The summed E-state index contributed by atoms with van der Waals surface area (Å²) in [5, 5.41) is 22.2. The van der Waals surface area contributed by atoms with Crippen molar-refractivity contribution >= 4 is 46.1 Å². The SMILES string of the molecule is Cc1nc2c(ncn2C2OC3COP(=O)(O)OC4C(CNS(=O)(=O)OC2C3CO)CC(n2ccc3c(N)ncnc32)C4O)c(=O)[nH]1. The third-order valence-corrected chi connectivity index (χ3v) is 10.6. The van der Waals surface area contributed by atoms with E-state index in [9.17, 15) is 32.9 Å². The van der Waals surface area contributed by atoms with Crippen LogP contribution in [0.25, 0.3) is 22.2 Å². The summed E-state index contributed by atoms with van der Waals surface area (Å²) in [7, 11) is -9.53. The number of phosphoric ester groups is 1. The number of anilines is 1. The van der Waals surface area contributed by atoms with Crippen molar-refractivity contribution in [3.05, 3.63) is 41.1 Å². The van der Waals surface area contributed by atoms with E-state index in [1.54, 1.807) is 23.8 Å². The zero-order chi connectivity index (χ0) is 32.5. The van der Waals surface area contributed by atoms with Gasteiger partial charge in [-0.1, -0.05) is 0 Å². The molecule has 2 saturated heterocycles. The number of aromatic nitrogens is 7. The van der Waals surface area contributed by atoms with Crippen molar-refractivity contribution < 1.29 is 46.1 Å². The molecule has 9 unspecified atom stereocenters. The lowest BCUT2D eigenvalue weighted by atomic mass is 9.99. The summed E-state index contributed by atoms with van der Waals surface area (Å²) in [6.07, 6.45) is -2.55. The number of nitrogen functional groups attached to an aromatic ring is 1. The Labute approximate surface area is 259 Å². The maximum absolute atomic E-state index is 13.4. The summed E-state index contributed by atoms with van der Waals surface area (Å²) < 4.78 is 67.7. The molecule has 0 aromatic carbocycles. The summed E-state index contributed by atoms with van der Waals surface area (Å²) in [5.74, 6) is -1.49. The van der Waals surface area contributed by atoms with Crippen molar-refractivity contribution in [1.82, 2.24) is 38.8 Å². The highest BCUT2D eigenvalue weighted by Crippen LogP contribution is 2.52. The minimum atomic E-state index is -4.92. The van der Waals surface area contributed by atoms with Gasteiger partial charge >= 0.3 is 18.1 Å². The zero-order valence-corrected chi connectivity index (χ0v) is 25.7. The van der Waals surface area contributed by atoms with E-state index in [1.807, 2.05) is 0 Å². The Balaban J connectivity index is 1.22. The number of aliphatic hydroxyl groups excluding tert-OH is 2. The van der Waals surface area contributed by atoms with E-state index in [4.69, 9.17) is 23.7 Å². The predicted octanol–water partition coefficient (Wildman–Crippen LogP) is -1.38. The van der Waals surface area contributed by atoms with Gasteiger partial charge in [-0.3, -0.25) is 18.4 Å². The Kier molecular flexibility index (Phi) is 7.74. The van der Waals surface area contributed by atoms with E-state index in [0.717, 1.165) is 0 Å². The highest BCUT2D eigenvalue weighted by Gasteiger charge is 2.52. The second kappa shape index (κ2) is 11.4. The maximum Gasteiger partial charge on any atom is 0.472 e. The van der Waals surface area contributed by atoms with Crippen molar-refractivity contribution in [2.24, 2.45) is 11.8 Å². The molecule has 0 radical (unpaired) electrons. The Bertz CT molecular complexity index is 2020. The number of fused-ring (bicyclic) bond motifs is 5. The standard InChI is InChI=1S/C24H30N9O11PS/c1-10-30-22-16(23(36)31-10)28-9-33(22)24-19-13(6-34)15(42-24)7-41-45(37,38)43-18-11(5-29-46(39,40)44-19)4-14(17(18)35)32-3-2-12-20(25)26-8-27-21(12)32/h2-3,8-9,11,13-15,17-19,24,29,34-35H,4-7H2,1H3,(H,37,38)(H2,25,26,27)(H,30,31,36). The normalized spacial score (nSPS) is 35.0. The van der Waals surface area contributed by atoms with Gasteiger partial charge < -0.3 is 35.1 Å². The highest BCUT2D eigenvalue weighted by atomic mass is 32.2. The molecule has 3 fully saturated rings. The lowest BCUT2D eigenvalue weighted by Crippen LogP contribution is -2.41. The molecule has 1 aliphatic carbocycles. The van der Waals surface area contributed by atoms with Gasteiger partial charge in [-0.2, -0.15) is 13.1 Å². The van der Waals surface area contributed by atoms with E-state index >= 15 is 0 Å². The molecule has 46 heavy (non-hydrogen) atoms. The van der Waals surface area contributed by atoms with Crippen molar-refractivity contribution in [3.63, 3.8) is 0 Å². The highest BCUT2D eigenvalue weighted by molar-refractivity contribution is 7.84. The molecule has 2 aliphatic heterocycles. The molecule has 9 atom stereocenters. The first kappa shape index (κ1) is 31.2. The molecule has 7 N–H and O–H groups in total. The van der Waals surface area contributed by atoms with Gasteiger partial charge in [0.15, 0.2) is 17.4 Å². The van der Waals surface area contributed by atoms with Gasteiger partial charge in [-0.25, -0.2) is 28.7 Å².